The lowest BCUT2D eigenvalue weighted by Crippen LogP contribution is -2.19. The maximum absolute atomic E-state index is 14.1. The molecule has 0 aromatic heterocycles. The van der Waals surface area contributed by atoms with Gasteiger partial charge in [0.1, 0.15) is 19.0 Å². The van der Waals surface area contributed by atoms with Crippen molar-refractivity contribution in [3.8, 4) is 11.5 Å². The summed E-state index contributed by atoms with van der Waals surface area (Å²) in [5.41, 5.74) is 0.377. The van der Waals surface area contributed by atoms with Gasteiger partial charge in [0, 0.05) is 11.5 Å². The summed E-state index contributed by atoms with van der Waals surface area (Å²) in [4.78, 5) is 11.0. The van der Waals surface area contributed by atoms with Crippen molar-refractivity contribution in [2.24, 2.45) is 5.92 Å². The van der Waals surface area contributed by atoms with Gasteiger partial charge in [-0.1, -0.05) is 0 Å². The van der Waals surface area contributed by atoms with E-state index in [1.165, 1.54) is 12.1 Å². The van der Waals surface area contributed by atoms with E-state index < -0.39 is 11.8 Å². The van der Waals surface area contributed by atoms with Crippen LogP contribution in [0.25, 0.3) is 0 Å². The van der Waals surface area contributed by atoms with Gasteiger partial charge in [-0.25, -0.2) is 4.39 Å². The first kappa shape index (κ1) is 12.3. The van der Waals surface area contributed by atoms with Gasteiger partial charge in [-0.3, -0.25) is 4.79 Å². The second-order valence-electron chi connectivity index (χ2n) is 5.03. The van der Waals surface area contributed by atoms with Crippen LogP contribution in [0, 0.1) is 11.7 Å². The molecule has 1 aromatic carbocycles. The second-order valence-corrected chi connectivity index (χ2v) is 5.03. The molecule has 0 radical (unpaired) electrons. The highest BCUT2D eigenvalue weighted by Gasteiger charge is 2.38. The Morgan fingerprint density at radius 3 is 2.79 bits per heavy atom. The number of rotatable bonds is 4. The average Bonchev–Trinajstić information content (AvgIpc) is 3.20. The summed E-state index contributed by atoms with van der Waals surface area (Å²) in [6.45, 7) is 0.805. The Balaban J connectivity index is 2.03. The average molecular weight is 266 g/mol. The van der Waals surface area contributed by atoms with Crippen LogP contribution in [-0.2, 0) is 4.79 Å². The van der Waals surface area contributed by atoms with Crippen LogP contribution in [0.1, 0.15) is 30.7 Å². The largest absolute Gasteiger partial charge is 0.486 e. The molecule has 1 N–H and O–H groups in total. The molecule has 1 aliphatic carbocycles. The van der Waals surface area contributed by atoms with Crippen LogP contribution in [0.15, 0.2) is 12.1 Å². The Morgan fingerprint density at radius 2 is 2.11 bits per heavy atom. The zero-order chi connectivity index (χ0) is 13.4. The molecule has 1 unspecified atom stereocenters. The van der Waals surface area contributed by atoms with Crippen molar-refractivity contribution in [3.63, 3.8) is 0 Å². The summed E-state index contributed by atoms with van der Waals surface area (Å²) in [5.74, 6) is -0.493. The molecule has 0 amide bonds. The normalized spacial score (nSPS) is 19.0. The number of carboxylic acid groups (broad SMARTS) is 1. The number of aliphatic carboxylic acids is 1. The number of carbonyl (C=O) groups is 1. The van der Waals surface area contributed by atoms with Crippen LogP contribution in [0.3, 0.4) is 0 Å². The third-order valence-electron chi connectivity index (χ3n) is 3.65. The van der Waals surface area contributed by atoms with E-state index in [9.17, 15) is 9.18 Å². The highest BCUT2D eigenvalue weighted by atomic mass is 19.1. The van der Waals surface area contributed by atoms with Crippen molar-refractivity contribution in [1.29, 1.82) is 0 Å². The molecule has 102 valence electrons. The maximum Gasteiger partial charge on any atom is 0.303 e. The summed E-state index contributed by atoms with van der Waals surface area (Å²) in [7, 11) is 0. The van der Waals surface area contributed by atoms with E-state index in [4.69, 9.17) is 14.6 Å². The highest BCUT2D eigenvalue weighted by Crippen LogP contribution is 2.50. The molecule has 1 saturated carbocycles. The van der Waals surface area contributed by atoms with E-state index in [-0.39, 0.29) is 18.3 Å². The first-order valence-electron chi connectivity index (χ1n) is 6.46. The third-order valence-corrected chi connectivity index (χ3v) is 3.65. The number of ether oxygens (including phenoxy) is 2. The van der Waals surface area contributed by atoms with Crippen LogP contribution >= 0.6 is 0 Å². The third kappa shape index (κ3) is 2.37. The number of hydrogen-bond donors (Lipinski definition) is 1. The van der Waals surface area contributed by atoms with Gasteiger partial charge >= 0.3 is 5.97 Å². The summed E-state index contributed by atoms with van der Waals surface area (Å²) in [5, 5.41) is 9.02. The first-order chi connectivity index (χ1) is 9.16. The van der Waals surface area contributed by atoms with Gasteiger partial charge < -0.3 is 14.6 Å². The Labute approximate surface area is 110 Å². The number of benzene rings is 1. The molecule has 2 aliphatic rings. The van der Waals surface area contributed by atoms with Crippen molar-refractivity contribution in [1.82, 2.24) is 0 Å². The number of carboxylic acids is 1. The predicted octanol–water partition coefficient (Wildman–Crippen LogP) is 2.57. The lowest BCUT2D eigenvalue weighted by atomic mass is 9.89. The van der Waals surface area contributed by atoms with Crippen LogP contribution < -0.4 is 9.47 Å². The lowest BCUT2D eigenvalue weighted by Gasteiger charge is -2.25. The molecule has 0 saturated heterocycles. The van der Waals surface area contributed by atoms with Gasteiger partial charge in [0.15, 0.2) is 11.5 Å². The SMILES string of the molecule is O=C(O)CC(c1c(F)ccc2c1OCCO2)C1CC1. The van der Waals surface area contributed by atoms with Crippen LogP contribution in [0.2, 0.25) is 0 Å². The Bertz CT molecular complexity index is 510. The molecular formula is C14H15FO4. The molecule has 0 bridgehead atoms. The monoisotopic (exact) mass is 266 g/mol. The van der Waals surface area contributed by atoms with Gasteiger partial charge in [-0.15, -0.1) is 0 Å². The Morgan fingerprint density at radius 1 is 1.37 bits per heavy atom. The summed E-state index contributed by atoms with van der Waals surface area (Å²) < 4.78 is 25.1. The second kappa shape index (κ2) is 4.72. The quantitative estimate of drug-likeness (QED) is 0.910. The molecular weight excluding hydrogens is 251 g/mol. The molecule has 1 atom stereocenters. The van der Waals surface area contributed by atoms with Crippen molar-refractivity contribution in [3.05, 3.63) is 23.5 Å². The van der Waals surface area contributed by atoms with E-state index in [0.717, 1.165) is 12.8 Å². The van der Waals surface area contributed by atoms with E-state index in [0.29, 0.717) is 30.3 Å². The Hall–Kier alpha value is -1.78. The standard InChI is InChI=1S/C14H15FO4/c15-10-3-4-11-14(19-6-5-18-11)13(10)9(7-12(16)17)8-1-2-8/h3-4,8-9H,1-2,5-7H2,(H,16,17). The molecule has 1 aliphatic heterocycles. The molecule has 3 rings (SSSR count). The smallest absolute Gasteiger partial charge is 0.303 e. The number of halogens is 1. The minimum absolute atomic E-state index is 0.0681. The number of hydrogen-bond acceptors (Lipinski definition) is 3. The van der Waals surface area contributed by atoms with Gasteiger partial charge in [-0.2, -0.15) is 0 Å². The fourth-order valence-electron chi connectivity index (χ4n) is 2.65. The van der Waals surface area contributed by atoms with E-state index in [1.807, 2.05) is 0 Å². The van der Waals surface area contributed by atoms with Gasteiger partial charge in [0.05, 0.1) is 6.42 Å². The summed E-state index contributed by atoms with van der Waals surface area (Å²) in [6, 6.07) is 2.87. The lowest BCUT2D eigenvalue weighted by molar-refractivity contribution is -0.137. The fourth-order valence-corrected chi connectivity index (χ4v) is 2.65. The van der Waals surface area contributed by atoms with Crippen molar-refractivity contribution in [2.45, 2.75) is 25.2 Å². The molecule has 1 fully saturated rings. The van der Waals surface area contributed by atoms with Crippen LogP contribution in [0.5, 0.6) is 11.5 Å². The maximum atomic E-state index is 14.1. The summed E-state index contributed by atoms with van der Waals surface area (Å²) in [6.07, 6.45) is 1.82. The molecule has 5 heteroatoms. The van der Waals surface area contributed by atoms with Crippen LogP contribution in [-0.4, -0.2) is 24.3 Å². The number of fused-ring (bicyclic) bond motifs is 1. The molecule has 0 spiro atoms. The predicted molar refractivity (Wildman–Crippen MR) is 65.1 cm³/mol. The van der Waals surface area contributed by atoms with Crippen LogP contribution in [0.4, 0.5) is 4.39 Å². The highest BCUT2D eigenvalue weighted by molar-refractivity contribution is 5.69. The van der Waals surface area contributed by atoms with Crippen molar-refractivity contribution in [2.75, 3.05) is 13.2 Å². The van der Waals surface area contributed by atoms with Crippen molar-refractivity contribution >= 4 is 5.97 Å². The molecule has 4 nitrogen and oxygen atoms in total. The molecule has 1 aromatic rings. The van der Waals surface area contributed by atoms with Gasteiger partial charge in [-0.05, 0) is 30.9 Å². The van der Waals surface area contributed by atoms with Gasteiger partial charge in [0.2, 0.25) is 0 Å². The van der Waals surface area contributed by atoms with Gasteiger partial charge in [0.25, 0.3) is 0 Å². The molecule has 19 heavy (non-hydrogen) atoms. The fraction of sp³-hybridized carbons (Fsp3) is 0.500. The molecule has 1 heterocycles. The zero-order valence-electron chi connectivity index (χ0n) is 10.4. The Kier molecular flexibility index (Phi) is 3.05. The minimum atomic E-state index is -0.911. The van der Waals surface area contributed by atoms with E-state index in [1.54, 1.807) is 0 Å². The zero-order valence-corrected chi connectivity index (χ0v) is 10.4. The summed E-state index contributed by atoms with van der Waals surface area (Å²) >= 11 is 0. The van der Waals surface area contributed by atoms with E-state index in [2.05, 4.69) is 0 Å². The van der Waals surface area contributed by atoms with Crippen molar-refractivity contribution < 1.29 is 23.8 Å². The topological polar surface area (TPSA) is 55.8 Å². The van der Waals surface area contributed by atoms with E-state index >= 15 is 0 Å². The minimum Gasteiger partial charge on any atom is -0.486 e. The first-order valence-corrected chi connectivity index (χ1v) is 6.46.